The minimum atomic E-state index is -0.558. The monoisotopic (exact) mass is 421 g/mol. The Hall–Kier alpha value is -2.94. The van der Waals surface area contributed by atoms with Gasteiger partial charge in [-0.1, -0.05) is 22.0 Å². The quantitative estimate of drug-likeness (QED) is 0.419. The molecule has 0 spiro atoms. The number of halogens is 1. The molecular weight excluding hydrogens is 406 g/mol. The largest absolute Gasteiger partial charge is 0.496 e. The first-order chi connectivity index (χ1) is 12.4. The molecule has 0 heterocycles. The lowest BCUT2D eigenvalue weighted by Gasteiger charge is -2.07. The van der Waals surface area contributed by atoms with Gasteiger partial charge in [0.15, 0.2) is 12.4 Å². The van der Waals surface area contributed by atoms with Crippen molar-refractivity contribution < 1.29 is 19.2 Å². The van der Waals surface area contributed by atoms with Gasteiger partial charge in [-0.3, -0.25) is 14.9 Å². The van der Waals surface area contributed by atoms with Crippen LogP contribution >= 0.6 is 15.9 Å². The molecule has 0 saturated heterocycles. The first-order valence-corrected chi connectivity index (χ1v) is 8.23. The van der Waals surface area contributed by atoms with Crippen molar-refractivity contribution in [3.63, 3.8) is 0 Å². The van der Waals surface area contributed by atoms with E-state index in [2.05, 4.69) is 26.5 Å². The molecule has 0 bridgehead atoms. The van der Waals surface area contributed by atoms with Crippen LogP contribution < -0.4 is 14.9 Å². The normalized spacial score (nSPS) is 10.6. The van der Waals surface area contributed by atoms with Gasteiger partial charge in [-0.2, -0.15) is 5.10 Å². The molecule has 0 aliphatic rings. The van der Waals surface area contributed by atoms with E-state index in [0.717, 1.165) is 10.0 Å². The lowest BCUT2D eigenvalue weighted by Crippen LogP contribution is -2.24. The average molecular weight is 422 g/mol. The van der Waals surface area contributed by atoms with Crippen LogP contribution in [-0.4, -0.2) is 30.8 Å². The van der Waals surface area contributed by atoms with Gasteiger partial charge < -0.3 is 9.47 Å². The molecule has 0 fully saturated rings. The Labute approximate surface area is 158 Å². The molecule has 0 aromatic heterocycles. The van der Waals surface area contributed by atoms with Crippen molar-refractivity contribution in [2.45, 2.75) is 6.92 Å². The predicted molar refractivity (Wildman–Crippen MR) is 99.8 cm³/mol. The highest BCUT2D eigenvalue weighted by atomic mass is 79.9. The van der Waals surface area contributed by atoms with Crippen LogP contribution in [0.1, 0.15) is 11.1 Å². The number of carbonyl (C=O) groups excluding carboxylic acids is 1. The number of hydrogen-bond acceptors (Lipinski definition) is 6. The minimum absolute atomic E-state index is 0.0217. The molecule has 0 radical (unpaired) electrons. The van der Waals surface area contributed by atoms with E-state index in [-0.39, 0.29) is 11.4 Å². The summed E-state index contributed by atoms with van der Waals surface area (Å²) in [5.74, 6) is 0.0659. The lowest BCUT2D eigenvalue weighted by atomic mass is 10.2. The number of hydrazone groups is 1. The number of ether oxygens (including phenoxy) is 2. The molecule has 2 aromatic carbocycles. The van der Waals surface area contributed by atoms with Crippen LogP contribution in [0.3, 0.4) is 0 Å². The highest BCUT2D eigenvalue weighted by molar-refractivity contribution is 9.10. The maximum atomic E-state index is 11.8. The lowest BCUT2D eigenvalue weighted by molar-refractivity contribution is -0.385. The molecule has 2 rings (SSSR count). The van der Waals surface area contributed by atoms with E-state index in [1.54, 1.807) is 25.1 Å². The summed E-state index contributed by atoms with van der Waals surface area (Å²) < 4.78 is 11.3. The molecule has 8 nitrogen and oxygen atoms in total. The van der Waals surface area contributed by atoms with Gasteiger partial charge in [0, 0.05) is 16.1 Å². The first kappa shape index (κ1) is 19.4. The van der Waals surface area contributed by atoms with Crippen LogP contribution in [0.4, 0.5) is 5.69 Å². The molecule has 1 N–H and O–H groups in total. The van der Waals surface area contributed by atoms with E-state index in [9.17, 15) is 14.9 Å². The number of rotatable bonds is 7. The van der Waals surface area contributed by atoms with Crippen molar-refractivity contribution in [2.75, 3.05) is 13.7 Å². The number of benzene rings is 2. The highest BCUT2D eigenvalue weighted by Gasteiger charge is 2.16. The molecular formula is C17H16BrN3O5. The Morgan fingerprint density at radius 1 is 1.31 bits per heavy atom. The second kappa shape index (κ2) is 8.95. The van der Waals surface area contributed by atoms with Crippen LogP contribution in [0.25, 0.3) is 0 Å². The third-order valence-corrected chi connectivity index (χ3v) is 3.75. The first-order valence-electron chi connectivity index (χ1n) is 7.44. The molecule has 0 aliphatic heterocycles. The molecule has 136 valence electrons. The third-order valence-electron chi connectivity index (χ3n) is 3.25. The predicted octanol–water partition coefficient (Wildman–Crippen LogP) is 3.20. The average Bonchev–Trinajstić information content (AvgIpc) is 2.60. The number of amides is 1. The van der Waals surface area contributed by atoms with Crippen molar-refractivity contribution in [2.24, 2.45) is 5.10 Å². The van der Waals surface area contributed by atoms with Gasteiger partial charge in [0.25, 0.3) is 5.91 Å². The van der Waals surface area contributed by atoms with Gasteiger partial charge in [-0.05, 0) is 36.8 Å². The highest BCUT2D eigenvalue weighted by Crippen LogP contribution is 2.27. The van der Waals surface area contributed by atoms with Gasteiger partial charge in [-0.25, -0.2) is 5.43 Å². The molecule has 1 amide bonds. The number of nitro groups is 1. The maximum Gasteiger partial charge on any atom is 0.311 e. The zero-order valence-corrected chi connectivity index (χ0v) is 15.6. The number of aryl methyl sites for hydroxylation is 1. The van der Waals surface area contributed by atoms with Crippen molar-refractivity contribution in [3.05, 3.63) is 62.1 Å². The Morgan fingerprint density at radius 2 is 2.04 bits per heavy atom. The summed E-state index contributed by atoms with van der Waals surface area (Å²) >= 11 is 3.34. The second-order valence-electron chi connectivity index (χ2n) is 5.20. The summed E-state index contributed by atoms with van der Waals surface area (Å²) in [5, 5.41) is 14.9. The SMILES string of the molecule is COc1ccc(Br)cc1/C=N/NC(=O)COc1ccc(C)cc1[N+](=O)[O-]. The standard InChI is InChI=1S/C17H16BrN3O5/c1-11-3-5-16(14(7-11)21(23)24)26-10-17(22)20-19-9-12-8-13(18)4-6-15(12)25-2/h3-9H,10H2,1-2H3,(H,20,22)/b19-9+. The maximum absolute atomic E-state index is 11.8. The van der Waals surface area contributed by atoms with Gasteiger partial charge in [0.2, 0.25) is 0 Å². The number of nitrogens with one attached hydrogen (secondary N) is 1. The minimum Gasteiger partial charge on any atom is -0.496 e. The molecule has 2 aromatic rings. The summed E-state index contributed by atoms with van der Waals surface area (Å²) in [6.45, 7) is 1.32. The third kappa shape index (κ3) is 5.28. The van der Waals surface area contributed by atoms with E-state index in [4.69, 9.17) is 9.47 Å². The number of hydrogen-bond donors (Lipinski definition) is 1. The van der Waals surface area contributed by atoms with E-state index in [1.165, 1.54) is 25.5 Å². The Morgan fingerprint density at radius 3 is 2.73 bits per heavy atom. The van der Waals surface area contributed by atoms with Gasteiger partial charge >= 0.3 is 5.69 Å². The van der Waals surface area contributed by atoms with Crippen LogP contribution in [0.5, 0.6) is 11.5 Å². The number of nitro benzene ring substituents is 1. The van der Waals surface area contributed by atoms with Crippen LogP contribution in [0.15, 0.2) is 46.0 Å². The topological polar surface area (TPSA) is 103 Å². The number of carbonyl (C=O) groups is 1. The zero-order chi connectivity index (χ0) is 19.1. The zero-order valence-electron chi connectivity index (χ0n) is 14.1. The van der Waals surface area contributed by atoms with E-state index < -0.39 is 17.4 Å². The number of nitrogens with zero attached hydrogens (tertiary/aromatic N) is 2. The smallest absolute Gasteiger partial charge is 0.311 e. The van der Waals surface area contributed by atoms with Gasteiger partial charge in [-0.15, -0.1) is 0 Å². The fraction of sp³-hybridized carbons (Fsp3) is 0.176. The summed E-state index contributed by atoms with van der Waals surface area (Å²) in [4.78, 5) is 22.3. The summed E-state index contributed by atoms with van der Waals surface area (Å²) in [6.07, 6.45) is 1.43. The number of methoxy groups -OCH3 is 1. The second-order valence-corrected chi connectivity index (χ2v) is 6.11. The fourth-order valence-corrected chi connectivity index (χ4v) is 2.43. The molecule has 26 heavy (non-hydrogen) atoms. The van der Waals surface area contributed by atoms with Crippen LogP contribution in [0, 0.1) is 17.0 Å². The molecule has 0 aliphatic carbocycles. The molecule has 9 heteroatoms. The van der Waals surface area contributed by atoms with Gasteiger partial charge in [0.05, 0.1) is 18.2 Å². The van der Waals surface area contributed by atoms with Crippen LogP contribution in [0.2, 0.25) is 0 Å². The van der Waals surface area contributed by atoms with Gasteiger partial charge in [0.1, 0.15) is 5.75 Å². The van der Waals surface area contributed by atoms with Crippen molar-refractivity contribution in [3.8, 4) is 11.5 Å². The van der Waals surface area contributed by atoms with Crippen LogP contribution in [-0.2, 0) is 4.79 Å². The van der Waals surface area contributed by atoms with E-state index in [1.807, 2.05) is 6.07 Å². The summed E-state index contributed by atoms with van der Waals surface area (Å²) in [7, 11) is 1.53. The molecule has 0 atom stereocenters. The fourth-order valence-electron chi connectivity index (χ4n) is 2.05. The summed E-state index contributed by atoms with van der Waals surface area (Å²) in [5.41, 5.74) is 3.49. The summed E-state index contributed by atoms with van der Waals surface area (Å²) in [6, 6.07) is 9.85. The van der Waals surface area contributed by atoms with Crippen molar-refractivity contribution in [1.29, 1.82) is 0 Å². The molecule has 0 saturated carbocycles. The molecule has 0 unspecified atom stereocenters. The van der Waals surface area contributed by atoms with E-state index >= 15 is 0 Å². The van der Waals surface area contributed by atoms with E-state index in [0.29, 0.717) is 11.3 Å². The van der Waals surface area contributed by atoms with Crippen molar-refractivity contribution >= 4 is 33.7 Å². The Bertz CT molecular complexity index is 854. The Kier molecular flexibility index (Phi) is 6.67. The van der Waals surface area contributed by atoms with Crippen molar-refractivity contribution in [1.82, 2.24) is 5.43 Å². The Balaban J connectivity index is 1.96.